The lowest BCUT2D eigenvalue weighted by Gasteiger charge is -2.32. The van der Waals surface area contributed by atoms with Crippen molar-refractivity contribution in [1.29, 1.82) is 0 Å². The number of fused-ring (bicyclic) bond motifs is 1. The standard InChI is InChI=1S/C10H13NO/c1-8-4-6-11-5-2-3-10(12)9(11)7-8/h4,7H,2-3,5-6H2,1H3. The second kappa shape index (κ2) is 2.77. The molecule has 0 spiro atoms. The minimum absolute atomic E-state index is 0.314. The van der Waals surface area contributed by atoms with Crippen molar-refractivity contribution in [3.05, 3.63) is 23.4 Å². The van der Waals surface area contributed by atoms with Crippen molar-refractivity contribution in [3.63, 3.8) is 0 Å². The van der Waals surface area contributed by atoms with Crippen molar-refractivity contribution >= 4 is 5.78 Å². The Bertz CT molecular complexity index is 276. The molecule has 0 aromatic heterocycles. The van der Waals surface area contributed by atoms with Crippen molar-refractivity contribution in [1.82, 2.24) is 4.90 Å². The first-order valence-electron chi connectivity index (χ1n) is 4.44. The first-order valence-corrected chi connectivity index (χ1v) is 4.44. The molecule has 1 fully saturated rings. The number of Topliss-reactive ketones (excluding diaryl/α,β-unsaturated/α-hetero) is 1. The highest BCUT2D eigenvalue weighted by Gasteiger charge is 2.23. The molecule has 0 aliphatic carbocycles. The number of hydrogen-bond acceptors (Lipinski definition) is 2. The summed E-state index contributed by atoms with van der Waals surface area (Å²) in [7, 11) is 0. The minimum Gasteiger partial charge on any atom is -0.365 e. The Labute approximate surface area is 72.6 Å². The van der Waals surface area contributed by atoms with Crippen LogP contribution in [0.3, 0.4) is 0 Å². The number of ketones is 1. The Morgan fingerprint density at radius 1 is 1.50 bits per heavy atom. The van der Waals surface area contributed by atoms with Crippen molar-refractivity contribution < 1.29 is 4.79 Å². The Hall–Kier alpha value is -1.05. The summed E-state index contributed by atoms with van der Waals surface area (Å²) in [6.07, 6.45) is 5.92. The molecule has 12 heavy (non-hydrogen) atoms. The van der Waals surface area contributed by atoms with Crippen molar-refractivity contribution in [2.24, 2.45) is 0 Å². The largest absolute Gasteiger partial charge is 0.365 e. The van der Waals surface area contributed by atoms with E-state index in [1.165, 1.54) is 5.57 Å². The number of piperidine rings is 1. The summed E-state index contributed by atoms with van der Waals surface area (Å²) in [5.74, 6) is 0.314. The summed E-state index contributed by atoms with van der Waals surface area (Å²) in [4.78, 5) is 13.6. The van der Waals surface area contributed by atoms with Gasteiger partial charge in [-0.1, -0.05) is 11.6 Å². The molecule has 0 unspecified atom stereocenters. The molecule has 1 saturated heterocycles. The number of carbonyl (C=O) groups is 1. The molecule has 0 radical (unpaired) electrons. The second-order valence-corrected chi connectivity index (χ2v) is 3.45. The molecule has 2 nitrogen and oxygen atoms in total. The van der Waals surface area contributed by atoms with Gasteiger partial charge in [0, 0.05) is 19.5 Å². The van der Waals surface area contributed by atoms with E-state index < -0.39 is 0 Å². The quantitative estimate of drug-likeness (QED) is 0.539. The Morgan fingerprint density at radius 2 is 2.33 bits per heavy atom. The maximum absolute atomic E-state index is 11.4. The summed E-state index contributed by atoms with van der Waals surface area (Å²) < 4.78 is 0. The zero-order valence-electron chi connectivity index (χ0n) is 7.34. The smallest absolute Gasteiger partial charge is 0.178 e. The van der Waals surface area contributed by atoms with E-state index in [0.29, 0.717) is 5.78 Å². The van der Waals surface area contributed by atoms with Crippen LogP contribution in [0, 0.1) is 0 Å². The molecule has 0 amide bonds. The first-order chi connectivity index (χ1) is 5.77. The molecule has 2 rings (SSSR count). The molecule has 2 aliphatic rings. The van der Waals surface area contributed by atoms with E-state index in [1.807, 2.05) is 13.0 Å². The van der Waals surface area contributed by atoms with Crippen LogP contribution in [0.2, 0.25) is 0 Å². The van der Waals surface area contributed by atoms with Gasteiger partial charge in [-0.15, -0.1) is 0 Å². The van der Waals surface area contributed by atoms with E-state index in [2.05, 4.69) is 11.0 Å². The second-order valence-electron chi connectivity index (χ2n) is 3.45. The molecule has 2 heteroatoms. The lowest BCUT2D eigenvalue weighted by atomic mass is 10.0. The molecular formula is C10H13NO. The fraction of sp³-hybridized carbons (Fsp3) is 0.500. The predicted molar refractivity (Wildman–Crippen MR) is 47.7 cm³/mol. The fourth-order valence-corrected chi connectivity index (χ4v) is 1.75. The number of allylic oxidation sites excluding steroid dienone is 3. The van der Waals surface area contributed by atoms with E-state index in [4.69, 9.17) is 0 Å². The van der Waals surface area contributed by atoms with Gasteiger partial charge >= 0.3 is 0 Å². The highest BCUT2D eigenvalue weighted by atomic mass is 16.1. The Kier molecular flexibility index (Phi) is 1.75. The third-order valence-corrected chi connectivity index (χ3v) is 2.46. The van der Waals surface area contributed by atoms with Crippen molar-refractivity contribution in [3.8, 4) is 0 Å². The van der Waals surface area contributed by atoms with Gasteiger partial charge in [0.05, 0.1) is 5.70 Å². The van der Waals surface area contributed by atoms with Crippen LogP contribution in [0.5, 0.6) is 0 Å². The molecule has 64 valence electrons. The van der Waals surface area contributed by atoms with E-state index >= 15 is 0 Å². The average Bonchev–Trinajstić information content (AvgIpc) is 2.07. The minimum atomic E-state index is 0.314. The molecule has 0 saturated carbocycles. The van der Waals surface area contributed by atoms with E-state index in [-0.39, 0.29) is 0 Å². The summed E-state index contributed by atoms with van der Waals surface area (Å²) in [6.45, 7) is 4.01. The summed E-state index contributed by atoms with van der Waals surface area (Å²) in [5.41, 5.74) is 2.15. The van der Waals surface area contributed by atoms with Crippen molar-refractivity contribution in [2.75, 3.05) is 13.1 Å². The number of nitrogens with zero attached hydrogens (tertiary/aromatic N) is 1. The molecule has 2 heterocycles. The first kappa shape index (κ1) is 7.59. The third kappa shape index (κ3) is 1.17. The monoisotopic (exact) mass is 163 g/mol. The zero-order chi connectivity index (χ0) is 8.55. The molecular weight excluding hydrogens is 150 g/mol. The third-order valence-electron chi connectivity index (χ3n) is 2.46. The summed E-state index contributed by atoms with van der Waals surface area (Å²) in [5, 5.41) is 0. The van der Waals surface area contributed by atoms with Crippen LogP contribution in [-0.4, -0.2) is 23.8 Å². The highest BCUT2D eigenvalue weighted by Crippen LogP contribution is 2.21. The molecule has 0 N–H and O–H groups in total. The van der Waals surface area contributed by atoms with Gasteiger partial charge in [0.25, 0.3) is 0 Å². The Balaban J connectivity index is 2.29. The molecule has 0 bridgehead atoms. The summed E-state index contributed by atoms with van der Waals surface area (Å²) >= 11 is 0. The number of hydrogen-bond donors (Lipinski definition) is 0. The van der Waals surface area contributed by atoms with Crippen LogP contribution >= 0.6 is 0 Å². The van der Waals surface area contributed by atoms with Gasteiger partial charge in [0.1, 0.15) is 0 Å². The van der Waals surface area contributed by atoms with Crippen LogP contribution in [0.1, 0.15) is 19.8 Å². The van der Waals surface area contributed by atoms with E-state index in [9.17, 15) is 4.79 Å². The fourth-order valence-electron chi connectivity index (χ4n) is 1.75. The zero-order valence-corrected chi connectivity index (χ0v) is 7.34. The normalized spacial score (nSPS) is 23.1. The number of carbonyl (C=O) groups excluding carboxylic acids is 1. The van der Waals surface area contributed by atoms with Gasteiger partial charge in [-0.05, 0) is 19.4 Å². The van der Waals surface area contributed by atoms with Gasteiger partial charge < -0.3 is 4.90 Å². The lowest BCUT2D eigenvalue weighted by molar-refractivity contribution is -0.118. The summed E-state index contributed by atoms with van der Waals surface area (Å²) in [6, 6.07) is 0. The maximum atomic E-state index is 11.4. The van der Waals surface area contributed by atoms with Gasteiger partial charge in [0.2, 0.25) is 0 Å². The highest BCUT2D eigenvalue weighted by molar-refractivity contribution is 5.96. The number of rotatable bonds is 0. The SMILES string of the molecule is CC1=CCN2CCCC(=O)C2=C1. The topological polar surface area (TPSA) is 20.3 Å². The van der Waals surface area contributed by atoms with Crippen molar-refractivity contribution in [2.45, 2.75) is 19.8 Å². The van der Waals surface area contributed by atoms with Crippen LogP contribution < -0.4 is 0 Å². The van der Waals surface area contributed by atoms with Gasteiger partial charge in [-0.2, -0.15) is 0 Å². The maximum Gasteiger partial charge on any atom is 0.178 e. The van der Waals surface area contributed by atoms with Crippen LogP contribution in [0.15, 0.2) is 23.4 Å². The molecule has 0 atom stereocenters. The van der Waals surface area contributed by atoms with E-state index in [0.717, 1.165) is 31.6 Å². The Morgan fingerprint density at radius 3 is 3.17 bits per heavy atom. The molecule has 0 aromatic rings. The van der Waals surface area contributed by atoms with E-state index in [1.54, 1.807) is 0 Å². The predicted octanol–water partition coefficient (Wildman–Crippen LogP) is 1.50. The average molecular weight is 163 g/mol. The van der Waals surface area contributed by atoms with Gasteiger partial charge in [-0.3, -0.25) is 4.79 Å². The molecule has 2 aliphatic heterocycles. The van der Waals surface area contributed by atoms with Crippen LogP contribution in [-0.2, 0) is 4.79 Å². The van der Waals surface area contributed by atoms with Gasteiger partial charge in [-0.25, -0.2) is 0 Å². The van der Waals surface area contributed by atoms with Crippen LogP contribution in [0.4, 0.5) is 0 Å². The van der Waals surface area contributed by atoms with Gasteiger partial charge in [0.15, 0.2) is 5.78 Å². The lowest BCUT2D eigenvalue weighted by Crippen LogP contribution is -2.35. The molecule has 0 aromatic carbocycles. The van der Waals surface area contributed by atoms with Crippen LogP contribution in [0.25, 0.3) is 0 Å².